The Kier molecular flexibility index (Phi) is 5.96. The van der Waals surface area contributed by atoms with Crippen LogP contribution in [0.5, 0.6) is 0 Å². The maximum absolute atomic E-state index is 13.2. The molecule has 1 fully saturated rings. The topological polar surface area (TPSA) is 69.7 Å². The predicted octanol–water partition coefficient (Wildman–Crippen LogP) is 3.75. The van der Waals surface area contributed by atoms with Gasteiger partial charge in [-0.05, 0) is 55.2 Å². The summed E-state index contributed by atoms with van der Waals surface area (Å²) >= 11 is 0. The first-order valence-electron chi connectivity index (χ1n) is 9.68. The Morgan fingerprint density at radius 2 is 1.62 bits per heavy atom. The van der Waals surface area contributed by atoms with Gasteiger partial charge >= 0.3 is 6.03 Å². The van der Waals surface area contributed by atoms with Crippen LogP contribution in [0, 0.1) is 5.82 Å². The maximum atomic E-state index is 13.2. The van der Waals surface area contributed by atoms with Crippen molar-refractivity contribution >= 4 is 29.2 Å². The van der Waals surface area contributed by atoms with E-state index in [2.05, 4.69) is 5.32 Å². The van der Waals surface area contributed by atoms with Gasteiger partial charge in [0, 0.05) is 11.4 Å². The number of carbonyl (C=O) groups excluding carboxylic acids is 3. The molecule has 2 aromatic rings. The molecule has 0 saturated carbocycles. The highest BCUT2D eigenvalue weighted by atomic mass is 19.1. The van der Waals surface area contributed by atoms with Crippen LogP contribution >= 0.6 is 0 Å². The smallest absolute Gasteiger partial charge is 0.324 e. The number of imide groups is 1. The first kappa shape index (κ1) is 20.5. The van der Waals surface area contributed by atoms with Gasteiger partial charge in [-0.15, -0.1) is 0 Å². The second-order valence-corrected chi connectivity index (χ2v) is 6.94. The number of hydrogen-bond acceptors (Lipinski definition) is 3. The van der Waals surface area contributed by atoms with Crippen LogP contribution in [0.3, 0.4) is 0 Å². The van der Waals surface area contributed by atoms with Crippen LogP contribution in [0.1, 0.15) is 31.9 Å². The Morgan fingerprint density at radius 1 is 1.03 bits per heavy atom. The van der Waals surface area contributed by atoms with Gasteiger partial charge in [0.15, 0.2) is 0 Å². The van der Waals surface area contributed by atoms with Crippen molar-refractivity contribution in [3.8, 4) is 0 Å². The fraction of sp³-hybridized carbons (Fsp3) is 0.318. The number of aryl methyl sites for hydroxylation is 2. The number of rotatable bonds is 6. The zero-order valence-electron chi connectivity index (χ0n) is 16.7. The van der Waals surface area contributed by atoms with Gasteiger partial charge in [0.2, 0.25) is 5.91 Å². The largest absolute Gasteiger partial charge is 0.332 e. The lowest BCUT2D eigenvalue weighted by Gasteiger charge is -2.19. The van der Waals surface area contributed by atoms with Gasteiger partial charge in [0.05, 0.1) is 0 Å². The van der Waals surface area contributed by atoms with Gasteiger partial charge < -0.3 is 5.32 Å². The number of hydrogen-bond donors (Lipinski definition) is 1. The molecule has 6 nitrogen and oxygen atoms in total. The van der Waals surface area contributed by atoms with Crippen molar-refractivity contribution in [1.82, 2.24) is 4.90 Å². The number of urea groups is 1. The lowest BCUT2D eigenvalue weighted by atomic mass is 10.0. The number of amides is 4. The number of carbonyl (C=O) groups is 3. The van der Waals surface area contributed by atoms with Crippen molar-refractivity contribution in [3.63, 3.8) is 0 Å². The Morgan fingerprint density at radius 3 is 2.17 bits per heavy atom. The summed E-state index contributed by atoms with van der Waals surface area (Å²) in [4.78, 5) is 40.3. The molecule has 1 heterocycles. The molecule has 2 aromatic carbocycles. The number of halogens is 1. The van der Waals surface area contributed by atoms with Crippen LogP contribution in [0.4, 0.5) is 20.6 Å². The quantitative estimate of drug-likeness (QED) is 0.755. The Balaban J connectivity index is 1.78. The SMILES string of the molecule is CCc1cccc(CC)c1NC(=O)CN1C(=O)[C@@H](C)N(c2ccc(F)cc2)C1=O. The molecule has 1 atom stereocenters. The highest BCUT2D eigenvalue weighted by Crippen LogP contribution is 2.27. The van der Waals surface area contributed by atoms with Crippen LogP contribution in [-0.4, -0.2) is 35.3 Å². The first-order valence-corrected chi connectivity index (χ1v) is 9.68. The van der Waals surface area contributed by atoms with Gasteiger partial charge in [-0.3, -0.25) is 19.4 Å². The monoisotopic (exact) mass is 397 g/mol. The summed E-state index contributed by atoms with van der Waals surface area (Å²) in [5, 5.41) is 2.87. The van der Waals surface area contributed by atoms with Gasteiger partial charge in [-0.1, -0.05) is 32.0 Å². The molecule has 1 N–H and O–H groups in total. The third-order valence-electron chi connectivity index (χ3n) is 5.12. The third kappa shape index (κ3) is 3.99. The van der Waals surface area contributed by atoms with Crippen molar-refractivity contribution in [2.75, 3.05) is 16.8 Å². The van der Waals surface area contributed by atoms with Crippen molar-refractivity contribution in [3.05, 3.63) is 59.4 Å². The van der Waals surface area contributed by atoms with Crippen molar-refractivity contribution in [1.29, 1.82) is 0 Å². The van der Waals surface area contributed by atoms with E-state index < -0.39 is 29.7 Å². The molecule has 4 amide bonds. The summed E-state index contributed by atoms with van der Waals surface area (Å²) < 4.78 is 13.2. The minimum atomic E-state index is -0.769. The summed E-state index contributed by atoms with van der Waals surface area (Å²) in [6.07, 6.45) is 1.50. The fourth-order valence-electron chi connectivity index (χ4n) is 3.53. The number of nitrogens with zero attached hydrogens (tertiary/aromatic N) is 2. The molecule has 0 bridgehead atoms. The standard InChI is InChI=1S/C22H24FN3O3/c1-4-15-7-6-8-16(5-2)20(15)24-19(27)13-25-21(28)14(3)26(22(25)29)18-11-9-17(23)10-12-18/h6-12,14H,4-5,13H2,1-3H3,(H,24,27)/t14-/m1/s1. The summed E-state index contributed by atoms with van der Waals surface area (Å²) in [7, 11) is 0. The molecule has 3 rings (SSSR count). The van der Waals surface area contributed by atoms with Gasteiger partial charge in [-0.25, -0.2) is 9.18 Å². The fourth-order valence-corrected chi connectivity index (χ4v) is 3.53. The highest BCUT2D eigenvalue weighted by Gasteiger charge is 2.44. The van der Waals surface area contributed by atoms with E-state index in [0.29, 0.717) is 5.69 Å². The lowest BCUT2D eigenvalue weighted by molar-refractivity contribution is -0.130. The van der Waals surface area contributed by atoms with Crippen LogP contribution in [0.15, 0.2) is 42.5 Å². The molecular formula is C22H24FN3O3. The van der Waals surface area contributed by atoms with Crippen LogP contribution in [0.2, 0.25) is 0 Å². The molecule has 29 heavy (non-hydrogen) atoms. The van der Waals surface area contributed by atoms with E-state index in [1.54, 1.807) is 6.92 Å². The van der Waals surface area contributed by atoms with Crippen LogP contribution < -0.4 is 10.2 Å². The van der Waals surface area contributed by atoms with Crippen molar-refractivity contribution in [2.24, 2.45) is 0 Å². The molecule has 0 aliphatic carbocycles. The molecule has 1 aliphatic heterocycles. The Labute approximate surface area is 169 Å². The molecule has 7 heteroatoms. The molecule has 0 radical (unpaired) electrons. The minimum Gasteiger partial charge on any atom is -0.324 e. The molecule has 1 aliphatic rings. The van der Waals surface area contributed by atoms with E-state index in [1.165, 1.54) is 29.2 Å². The normalized spacial score (nSPS) is 16.5. The average molecular weight is 397 g/mol. The molecule has 0 aromatic heterocycles. The zero-order chi connectivity index (χ0) is 21.1. The number of anilines is 2. The van der Waals surface area contributed by atoms with E-state index in [-0.39, 0.29) is 6.54 Å². The summed E-state index contributed by atoms with van der Waals surface area (Å²) in [5.41, 5.74) is 3.14. The maximum Gasteiger partial charge on any atom is 0.332 e. The molecule has 0 spiro atoms. The number of para-hydroxylation sites is 1. The lowest BCUT2D eigenvalue weighted by Crippen LogP contribution is -2.39. The van der Waals surface area contributed by atoms with Crippen LogP contribution in [-0.2, 0) is 22.4 Å². The molecule has 0 unspecified atom stereocenters. The van der Waals surface area contributed by atoms with Crippen molar-refractivity contribution in [2.45, 2.75) is 39.7 Å². The molecule has 1 saturated heterocycles. The number of nitrogens with one attached hydrogen (secondary N) is 1. The van der Waals surface area contributed by atoms with E-state index in [0.717, 1.165) is 34.6 Å². The molecule has 152 valence electrons. The summed E-state index contributed by atoms with van der Waals surface area (Å²) in [5.74, 6) is -1.33. The summed E-state index contributed by atoms with van der Waals surface area (Å²) in [6, 6.07) is 9.80. The Bertz CT molecular complexity index is 921. The zero-order valence-corrected chi connectivity index (χ0v) is 16.7. The van der Waals surface area contributed by atoms with Gasteiger partial charge in [0.1, 0.15) is 18.4 Å². The van der Waals surface area contributed by atoms with E-state index in [1.807, 2.05) is 32.0 Å². The number of benzene rings is 2. The third-order valence-corrected chi connectivity index (χ3v) is 5.12. The van der Waals surface area contributed by atoms with E-state index in [4.69, 9.17) is 0 Å². The van der Waals surface area contributed by atoms with E-state index in [9.17, 15) is 18.8 Å². The van der Waals surface area contributed by atoms with E-state index >= 15 is 0 Å². The average Bonchev–Trinajstić information content (AvgIpc) is 2.92. The summed E-state index contributed by atoms with van der Waals surface area (Å²) in [6.45, 7) is 5.21. The minimum absolute atomic E-state index is 0.374. The Hall–Kier alpha value is -3.22. The highest BCUT2D eigenvalue weighted by molar-refractivity contribution is 6.16. The van der Waals surface area contributed by atoms with Crippen molar-refractivity contribution < 1.29 is 18.8 Å². The predicted molar refractivity (Wildman–Crippen MR) is 109 cm³/mol. The second kappa shape index (κ2) is 8.43. The molecular weight excluding hydrogens is 373 g/mol. The van der Waals surface area contributed by atoms with Gasteiger partial charge in [0.25, 0.3) is 5.91 Å². The first-order chi connectivity index (χ1) is 13.9. The van der Waals surface area contributed by atoms with Gasteiger partial charge in [-0.2, -0.15) is 0 Å². The second-order valence-electron chi connectivity index (χ2n) is 6.94. The van der Waals surface area contributed by atoms with Crippen LogP contribution in [0.25, 0.3) is 0 Å².